The summed E-state index contributed by atoms with van der Waals surface area (Å²) in [6.45, 7) is 1.07. The molecule has 6 nitrogen and oxygen atoms in total. The van der Waals surface area contributed by atoms with Crippen molar-refractivity contribution in [1.29, 1.82) is 0 Å². The molecule has 6 heteroatoms. The zero-order valence-corrected chi connectivity index (χ0v) is 6.73. The van der Waals surface area contributed by atoms with Crippen LogP contribution >= 0.6 is 0 Å². The fourth-order valence-corrected chi connectivity index (χ4v) is 0.815. The van der Waals surface area contributed by atoms with E-state index in [1.807, 2.05) is 0 Å². The van der Waals surface area contributed by atoms with Gasteiger partial charge in [-0.2, -0.15) is 0 Å². The summed E-state index contributed by atoms with van der Waals surface area (Å²) in [6.07, 6.45) is 0. The van der Waals surface area contributed by atoms with Gasteiger partial charge in [-0.25, -0.2) is 9.59 Å². The Hall–Kier alpha value is -1.59. The molecule has 3 amide bonds. The first kappa shape index (κ1) is 8.51. The summed E-state index contributed by atoms with van der Waals surface area (Å²) >= 11 is 0. The van der Waals surface area contributed by atoms with Crippen molar-refractivity contribution in [3.8, 4) is 0 Å². The van der Waals surface area contributed by atoms with E-state index in [0.717, 1.165) is 11.8 Å². The number of nitrogens with zero attached hydrogens (tertiary/aromatic N) is 2. The van der Waals surface area contributed by atoms with Crippen LogP contribution in [0.5, 0.6) is 0 Å². The molecule has 12 heavy (non-hydrogen) atoms. The molecule has 0 radical (unpaired) electrons. The molecule has 66 valence electrons. The normalized spacial score (nSPS) is 17.2. The van der Waals surface area contributed by atoms with Crippen molar-refractivity contribution in [1.82, 2.24) is 9.96 Å². The number of hydrogen-bond donors (Lipinski definition) is 0. The van der Waals surface area contributed by atoms with E-state index in [0.29, 0.717) is 5.06 Å². The first-order valence-corrected chi connectivity index (χ1v) is 3.29. The van der Waals surface area contributed by atoms with E-state index in [9.17, 15) is 14.4 Å². The third kappa shape index (κ3) is 1.36. The summed E-state index contributed by atoms with van der Waals surface area (Å²) in [5.41, 5.74) is 0. The first-order valence-electron chi connectivity index (χ1n) is 3.29. The second-order valence-electron chi connectivity index (χ2n) is 2.41. The maximum Gasteiger partial charge on any atom is 0.361 e. The Balaban J connectivity index is 2.70. The Bertz CT molecular complexity index is 250. The molecule has 1 fully saturated rings. The Morgan fingerprint density at radius 2 is 2.08 bits per heavy atom. The van der Waals surface area contributed by atoms with Crippen molar-refractivity contribution in [3.05, 3.63) is 0 Å². The topological polar surface area (TPSA) is 66.9 Å². The van der Waals surface area contributed by atoms with Crippen LogP contribution in [0.25, 0.3) is 0 Å². The summed E-state index contributed by atoms with van der Waals surface area (Å²) in [6, 6.07) is -0.616. The minimum Gasteiger partial charge on any atom is -0.329 e. The van der Waals surface area contributed by atoms with Crippen LogP contribution in [0.2, 0.25) is 0 Å². The number of urea groups is 1. The molecular formula is C6H8N2O4. The molecule has 0 atom stereocenters. The molecule has 0 saturated carbocycles. The van der Waals surface area contributed by atoms with Gasteiger partial charge in [0.15, 0.2) is 0 Å². The number of carbonyl (C=O) groups excluding carboxylic acids is 3. The average Bonchev–Trinajstić information content (AvgIpc) is 2.16. The van der Waals surface area contributed by atoms with Crippen LogP contribution in [0.4, 0.5) is 4.79 Å². The number of hydrogen-bond acceptors (Lipinski definition) is 4. The lowest BCUT2D eigenvalue weighted by atomic mass is 10.6. The van der Waals surface area contributed by atoms with E-state index >= 15 is 0 Å². The van der Waals surface area contributed by atoms with Gasteiger partial charge in [-0.05, 0) is 0 Å². The third-order valence-electron chi connectivity index (χ3n) is 1.32. The average molecular weight is 172 g/mol. The highest BCUT2D eigenvalue weighted by molar-refractivity contribution is 6.01. The van der Waals surface area contributed by atoms with E-state index in [1.54, 1.807) is 0 Å². The summed E-state index contributed by atoms with van der Waals surface area (Å²) < 4.78 is 0. The highest BCUT2D eigenvalue weighted by atomic mass is 16.7. The molecule has 1 aliphatic heterocycles. The minimum atomic E-state index is -0.688. The summed E-state index contributed by atoms with van der Waals surface area (Å²) in [5.74, 6) is -1.22. The van der Waals surface area contributed by atoms with Gasteiger partial charge in [0.2, 0.25) is 0 Å². The molecule has 1 rings (SSSR count). The van der Waals surface area contributed by atoms with Gasteiger partial charge >= 0.3 is 12.0 Å². The molecule has 0 aromatic rings. The second-order valence-corrected chi connectivity index (χ2v) is 2.41. The van der Waals surface area contributed by atoms with Crippen molar-refractivity contribution >= 4 is 17.9 Å². The summed E-state index contributed by atoms with van der Waals surface area (Å²) in [5, 5.41) is 0.461. The van der Waals surface area contributed by atoms with Crippen molar-refractivity contribution in [2.45, 2.75) is 6.92 Å². The van der Waals surface area contributed by atoms with Gasteiger partial charge in [0, 0.05) is 14.0 Å². The number of imide groups is 1. The summed E-state index contributed by atoms with van der Waals surface area (Å²) in [7, 11) is 1.45. The Kier molecular flexibility index (Phi) is 1.99. The lowest BCUT2D eigenvalue weighted by molar-refractivity contribution is -0.180. The predicted octanol–water partition coefficient (Wildman–Crippen LogP) is -0.641. The predicted molar refractivity (Wildman–Crippen MR) is 36.6 cm³/mol. The van der Waals surface area contributed by atoms with Crippen LogP contribution in [0.15, 0.2) is 0 Å². The van der Waals surface area contributed by atoms with Crippen LogP contribution in [0.1, 0.15) is 6.92 Å². The fraction of sp³-hybridized carbons (Fsp3) is 0.500. The Labute approximate surface area is 68.6 Å². The standard InChI is InChI=1S/C6H8N2O4/c1-4(9)12-8-5(10)3-7(2)6(8)11/h3H2,1-2H3. The zero-order valence-electron chi connectivity index (χ0n) is 6.73. The monoisotopic (exact) mass is 172 g/mol. The molecule has 1 heterocycles. The highest BCUT2D eigenvalue weighted by Gasteiger charge is 2.36. The first-order chi connectivity index (χ1) is 5.52. The number of carbonyl (C=O) groups is 3. The van der Waals surface area contributed by atoms with E-state index in [1.165, 1.54) is 7.05 Å². The minimum absolute atomic E-state index is 0.0495. The number of rotatable bonds is 1. The van der Waals surface area contributed by atoms with Gasteiger partial charge in [-0.15, -0.1) is 0 Å². The van der Waals surface area contributed by atoms with Crippen molar-refractivity contribution in [2.75, 3.05) is 13.6 Å². The van der Waals surface area contributed by atoms with Crippen LogP contribution in [0, 0.1) is 0 Å². The van der Waals surface area contributed by atoms with Crippen molar-refractivity contribution in [2.24, 2.45) is 0 Å². The molecule has 0 aliphatic carbocycles. The molecule has 0 spiro atoms. The zero-order chi connectivity index (χ0) is 9.30. The smallest absolute Gasteiger partial charge is 0.329 e. The molecule has 0 aromatic heterocycles. The SMILES string of the molecule is CC(=O)ON1C(=O)CN(C)C1=O. The quantitative estimate of drug-likeness (QED) is 0.493. The van der Waals surface area contributed by atoms with E-state index in [4.69, 9.17) is 0 Å². The maximum atomic E-state index is 11.0. The summed E-state index contributed by atoms with van der Waals surface area (Å²) in [4.78, 5) is 37.9. The second kappa shape index (κ2) is 2.80. The fourth-order valence-electron chi connectivity index (χ4n) is 0.815. The van der Waals surface area contributed by atoms with Crippen molar-refractivity contribution < 1.29 is 19.2 Å². The van der Waals surface area contributed by atoms with E-state index in [-0.39, 0.29) is 6.54 Å². The van der Waals surface area contributed by atoms with Gasteiger partial charge < -0.3 is 9.74 Å². The molecule has 0 aromatic carbocycles. The Morgan fingerprint density at radius 3 is 2.42 bits per heavy atom. The molecule has 0 N–H and O–H groups in total. The number of amides is 3. The number of likely N-dealkylation sites (N-methyl/N-ethyl adjacent to an activating group) is 1. The highest BCUT2D eigenvalue weighted by Crippen LogP contribution is 2.07. The maximum absolute atomic E-state index is 11.0. The van der Waals surface area contributed by atoms with Gasteiger partial charge in [0.25, 0.3) is 5.91 Å². The molecule has 1 aliphatic rings. The van der Waals surface area contributed by atoms with Crippen LogP contribution < -0.4 is 0 Å². The lowest BCUT2D eigenvalue weighted by Crippen LogP contribution is -2.33. The Morgan fingerprint density at radius 1 is 1.50 bits per heavy atom. The van der Waals surface area contributed by atoms with Gasteiger partial charge in [0.05, 0.1) is 0 Å². The van der Waals surface area contributed by atoms with Crippen LogP contribution in [0.3, 0.4) is 0 Å². The van der Waals surface area contributed by atoms with E-state index < -0.39 is 17.9 Å². The molecule has 0 bridgehead atoms. The molecular weight excluding hydrogens is 164 g/mol. The van der Waals surface area contributed by atoms with Gasteiger partial charge in [-0.3, -0.25) is 4.79 Å². The number of hydroxylamine groups is 2. The van der Waals surface area contributed by atoms with Gasteiger partial charge in [-0.1, -0.05) is 5.06 Å². The third-order valence-corrected chi connectivity index (χ3v) is 1.32. The van der Waals surface area contributed by atoms with Crippen molar-refractivity contribution in [3.63, 3.8) is 0 Å². The van der Waals surface area contributed by atoms with E-state index in [2.05, 4.69) is 4.84 Å². The molecule has 0 unspecified atom stereocenters. The molecule has 1 saturated heterocycles. The lowest BCUT2D eigenvalue weighted by Gasteiger charge is -2.10. The van der Waals surface area contributed by atoms with Crippen LogP contribution in [-0.2, 0) is 14.4 Å². The van der Waals surface area contributed by atoms with Gasteiger partial charge in [0.1, 0.15) is 6.54 Å². The largest absolute Gasteiger partial charge is 0.361 e. The van der Waals surface area contributed by atoms with Crippen LogP contribution in [-0.4, -0.2) is 41.5 Å².